The van der Waals surface area contributed by atoms with Crippen molar-refractivity contribution < 1.29 is 15.0 Å². The van der Waals surface area contributed by atoms with Gasteiger partial charge in [-0.25, -0.2) is 4.79 Å². The normalized spacial score (nSPS) is 20.4. The van der Waals surface area contributed by atoms with Crippen LogP contribution in [-0.4, -0.2) is 59.2 Å². The maximum absolute atomic E-state index is 11.1. The molecule has 2 rings (SSSR count). The second-order valence-electron chi connectivity index (χ2n) is 5.98. The molecule has 1 heterocycles. The first-order valence-electron chi connectivity index (χ1n) is 7.41. The predicted molar refractivity (Wildman–Crippen MR) is 81.7 cm³/mol. The summed E-state index contributed by atoms with van der Waals surface area (Å²) >= 11 is 0. The minimum Gasteiger partial charge on any atom is -0.507 e. The number of nitrogens with zero attached hydrogens (tertiary/aromatic N) is 2. The third kappa shape index (κ3) is 4.19. The number of carbonyl (C=O) groups is 1. The highest BCUT2D eigenvalue weighted by molar-refractivity contribution is 5.90. The van der Waals surface area contributed by atoms with Crippen molar-refractivity contribution in [1.82, 2.24) is 9.80 Å². The lowest BCUT2D eigenvalue weighted by Gasteiger charge is -2.23. The van der Waals surface area contributed by atoms with E-state index in [1.807, 2.05) is 0 Å². The highest BCUT2D eigenvalue weighted by Gasteiger charge is 2.19. The van der Waals surface area contributed by atoms with Gasteiger partial charge in [0, 0.05) is 12.6 Å². The maximum atomic E-state index is 11.1. The molecule has 116 valence electrons. The minimum absolute atomic E-state index is 0.0199. The van der Waals surface area contributed by atoms with Crippen LogP contribution in [0.15, 0.2) is 18.2 Å². The predicted octanol–water partition coefficient (Wildman–Crippen LogP) is 2.01. The van der Waals surface area contributed by atoms with E-state index >= 15 is 0 Å². The summed E-state index contributed by atoms with van der Waals surface area (Å²) in [5, 5.41) is 18.6. The van der Waals surface area contributed by atoms with E-state index in [9.17, 15) is 9.90 Å². The molecule has 0 aromatic heterocycles. The molecule has 0 amide bonds. The zero-order valence-electron chi connectivity index (χ0n) is 12.7. The first-order chi connectivity index (χ1) is 9.97. The van der Waals surface area contributed by atoms with Crippen molar-refractivity contribution in [2.24, 2.45) is 0 Å². The van der Waals surface area contributed by atoms with Crippen molar-refractivity contribution in [3.05, 3.63) is 29.3 Å². The number of hydrogen-bond acceptors (Lipinski definition) is 4. The zero-order valence-corrected chi connectivity index (χ0v) is 12.7. The molecule has 1 aliphatic heterocycles. The molecule has 0 unspecified atom stereocenters. The van der Waals surface area contributed by atoms with Gasteiger partial charge in [0.05, 0.1) is 0 Å². The molecular weight excluding hydrogens is 268 g/mol. The summed E-state index contributed by atoms with van der Waals surface area (Å²) in [5.41, 5.74) is 0.919. The highest BCUT2D eigenvalue weighted by atomic mass is 16.4. The largest absolute Gasteiger partial charge is 0.507 e. The van der Waals surface area contributed by atoms with Gasteiger partial charge in [0.15, 0.2) is 0 Å². The van der Waals surface area contributed by atoms with Crippen molar-refractivity contribution in [3.8, 4) is 5.75 Å². The van der Waals surface area contributed by atoms with Crippen molar-refractivity contribution in [3.63, 3.8) is 0 Å². The van der Waals surface area contributed by atoms with Crippen LogP contribution in [0, 0.1) is 0 Å². The molecule has 0 spiro atoms. The van der Waals surface area contributed by atoms with Gasteiger partial charge in [-0.1, -0.05) is 6.07 Å². The van der Waals surface area contributed by atoms with Gasteiger partial charge in [-0.05, 0) is 64.1 Å². The monoisotopic (exact) mass is 292 g/mol. The first-order valence-corrected chi connectivity index (χ1v) is 7.41. The topological polar surface area (TPSA) is 64.0 Å². The van der Waals surface area contributed by atoms with Gasteiger partial charge in [0.25, 0.3) is 0 Å². The molecule has 1 aromatic carbocycles. The van der Waals surface area contributed by atoms with Crippen molar-refractivity contribution in [2.45, 2.75) is 31.8 Å². The molecule has 2 N–H and O–H groups in total. The van der Waals surface area contributed by atoms with Gasteiger partial charge in [0.1, 0.15) is 11.3 Å². The molecule has 0 bridgehead atoms. The molecule has 1 aliphatic rings. The summed E-state index contributed by atoms with van der Waals surface area (Å²) < 4.78 is 0. The van der Waals surface area contributed by atoms with Crippen LogP contribution >= 0.6 is 0 Å². The molecule has 0 radical (unpaired) electrons. The molecule has 0 aliphatic carbocycles. The fourth-order valence-corrected chi connectivity index (χ4v) is 2.92. The lowest BCUT2D eigenvalue weighted by molar-refractivity contribution is 0.0693. The molecule has 0 saturated carbocycles. The Morgan fingerprint density at radius 2 is 2.10 bits per heavy atom. The van der Waals surface area contributed by atoms with Crippen LogP contribution in [0.2, 0.25) is 0 Å². The Labute approximate surface area is 125 Å². The number of carboxylic acids is 1. The number of aromatic hydroxyl groups is 1. The molecule has 21 heavy (non-hydrogen) atoms. The van der Waals surface area contributed by atoms with Crippen molar-refractivity contribution in [2.75, 3.05) is 27.2 Å². The number of hydrogen-bond donors (Lipinski definition) is 2. The average molecular weight is 292 g/mol. The number of aromatic carboxylic acids is 1. The number of benzene rings is 1. The van der Waals surface area contributed by atoms with Crippen LogP contribution in [0.5, 0.6) is 5.75 Å². The molecular formula is C16H24N2O3. The lowest BCUT2D eigenvalue weighted by Crippen LogP contribution is -2.30. The van der Waals surface area contributed by atoms with Crippen LogP contribution in [0.1, 0.15) is 35.2 Å². The second kappa shape index (κ2) is 6.91. The Bertz CT molecular complexity index is 502. The Morgan fingerprint density at radius 1 is 1.33 bits per heavy atom. The van der Waals surface area contributed by atoms with Crippen LogP contribution < -0.4 is 0 Å². The second-order valence-corrected chi connectivity index (χ2v) is 5.98. The number of carboxylic acid groups (broad SMARTS) is 1. The third-order valence-electron chi connectivity index (χ3n) is 4.22. The quantitative estimate of drug-likeness (QED) is 0.889. The maximum Gasteiger partial charge on any atom is 0.339 e. The van der Waals surface area contributed by atoms with E-state index in [1.54, 1.807) is 12.1 Å². The van der Waals surface area contributed by atoms with Gasteiger partial charge in [-0.15, -0.1) is 0 Å². The van der Waals surface area contributed by atoms with Gasteiger partial charge in [-0.3, -0.25) is 4.90 Å². The summed E-state index contributed by atoms with van der Waals surface area (Å²) in [6.07, 6.45) is 3.50. The molecule has 1 fully saturated rings. The number of phenols is 1. The van der Waals surface area contributed by atoms with Crippen LogP contribution in [0.25, 0.3) is 0 Å². The van der Waals surface area contributed by atoms with E-state index in [2.05, 4.69) is 23.9 Å². The van der Waals surface area contributed by atoms with E-state index < -0.39 is 5.97 Å². The number of rotatable bonds is 4. The van der Waals surface area contributed by atoms with Gasteiger partial charge in [0.2, 0.25) is 0 Å². The molecule has 1 saturated heterocycles. The van der Waals surface area contributed by atoms with E-state index in [0.29, 0.717) is 6.04 Å². The molecule has 1 atom stereocenters. The summed E-state index contributed by atoms with van der Waals surface area (Å²) in [6.45, 7) is 2.79. The standard InChI is InChI=1S/C16H24N2O3/c1-17(2)13-4-3-8-18(9-7-13)11-12-5-6-15(19)14(10-12)16(20)21/h5-6,10,13,19H,3-4,7-9,11H2,1-2H3,(H,20,21)/t13-/m0/s1. The fourth-order valence-electron chi connectivity index (χ4n) is 2.92. The Morgan fingerprint density at radius 3 is 2.76 bits per heavy atom. The first kappa shape index (κ1) is 15.8. The van der Waals surface area contributed by atoms with E-state index in [4.69, 9.17) is 5.11 Å². The van der Waals surface area contributed by atoms with Crippen molar-refractivity contribution in [1.29, 1.82) is 0 Å². The molecule has 5 heteroatoms. The zero-order chi connectivity index (χ0) is 15.4. The summed E-state index contributed by atoms with van der Waals surface area (Å²) in [6, 6.07) is 5.48. The average Bonchev–Trinajstić information content (AvgIpc) is 2.66. The smallest absolute Gasteiger partial charge is 0.339 e. The Hall–Kier alpha value is -1.59. The van der Waals surface area contributed by atoms with Gasteiger partial charge in [-0.2, -0.15) is 0 Å². The Kier molecular flexibility index (Phi) is 5.20. The number of likely N-dealkylation sites (tertiary alicyclic amines) is 1. The summed E-state index contributed by atoms with van der Waals surface area (Å²) in [5.74, 6) is -1.26. The SMILES string of the molecule is CN(C)[C@H]1CCCN(Cc2ccc(O)c(C(=O)O)c2)CC1. The van der Waals surface area contributed by atoms with Crippen LogP contribution in [0.3, 0.4) is 0 Å². The van der Waals surface area contributed by atoms with E-state index in [1.165, 1.54) is 12.5 Å². The molecule has 5 nitrogen and oxygen atoms in total. The van der Waals surface area contributed by atoms with Crippen molar-refractivity contribution >= 4 is 5.97 Å². The lowest BCUT2D eigenvalue weighted by atomic mass is 10.1. The minimum atomic E-state index is -1.09. The Balaban J connectivity index is 2.01. The van der Waals surface area contributed by atoms with Gasteiger partial charge < -0.3 is 15.1 Å². The molecule has 1 aromatic rings. The van der Waals surface area contributed by atoms with Crippen LogP contribution in [0.4, 0.5) is 0 Å². The van der Waals surface area contributed by atoms with E-state index in [0.717, 1.165) is 38.0 Å². The summed E-state index contributed by atoms with van der Waals surface area (Å²) in [7, 11) is 4.25. The van der Waals surface area contributed by atoms with Gasteiger partial charge >= 0.3 is 5.97 Å². The van der Waals surface area contributed by atoms with Crippen LogP contribution in [-0.2, 0) is 6.54 Å². The van der Waals surface area contributed by atoms with E-state index in [-0.39, 0.29) is 11.3 Å². The third-order valence-corrected chi connectivity index (χ3v) is 4.22. The fraction of sp³-hybridized carbons (Fsp3) is 0.562. The highest BCUT2D eigenvalue weighted by Crippen LogP contribution is 2.21. The summed E-state index contributed by atoms with van der Waals surface area (Å²) in [4.78, 5) is 15.7.